The Hall–Kier alpha value is -1.94. The van der Waals surface area contributed by atoms with Gasteiger partial charge in [0.15, 0.2) is 11.6 Å². The number of rotatable bonds is 3. The van der Waals surface area contributed by atoms with E-state index in [2.05, 4.69) is 4.98 Å². The van der Waals surface area contributed by atoms with E-state index in [1.54, 1.807) is 36.5 Å². The smallest absolute Gasteiger partial charge is 0.170 e. The topological polar surface area (TPSA) is 48.1 Å². The van der Waals surface area contributed by atoms with Crippen molar-refractivity contribution in [2.75, 3.05) is 7.11 Å². The van der Waals surface area contributed by atoms with E-state index in [0.29, 0.717) is 11.3 Å². The van der Waals surface area contributed by atoms with Gasteiger partial charge in [0.1, 0.15) is 0 Å². The Kier molecular flexibility index (Phi) is 3.35. The van der Waals surface area contributed by atoms with Crippen molar-refractivity contribution in [2.24, 2.45) is 5.73 Å². The Labute approximate surface area is 99.1 Å². The fraction of sp³-hybridized carbons (Fsp3) is 0.154. The molecule has 1 heterocycles. The molecule has 2 N–H and O–H groups in total. The maximum absolute atomic E-state index is 14.0. The van der Waals surface area contributed by atoms with Gasteiger partial charge in [-0.15, -0.1) is 0 Å². The van der Waals surface area contributed by atoms with Crippen molar-refractivity contribution in [2.45, 2.75) is 6.04 Å². The lowest BCUT2D eigenvalue weighted by Gasteiger charge is -2.13. The van der Waals surface area contributed by atoms with Gasteiger partial charge in [-0.1, -0.05) is 18.2 Å². The predicted octanol–water partition coefficient (Wildman–Crippen LogP) is 2.28. The Morgan fingerprint density at radius 1 is 1.24 bits per heavy atom. The zero-order valence-electron chi connectivity index (χ0n) is 9.43. The number of benzene rings is 1. The monoisotopic (exact) mass is 232 g/mol. The van der Waals surface area contributed by atoms with Crippen molar-refractivity contribution in [3.63, 3.8) is 0 Å². The molecule has 0 aliphatic heterocycles. The van der Waals surface area contributed by atoms with Gasteiger partial charge in [-0.05, 0) is 18.2 Å². The number of hydrogen-bond acceptors (Lipinski definition) is 3. The number of nitrogens with two attached hydrogens (primary N) is 1. The van der Waals surface area contributed by atoms with Crippen LogP contribution in [0, 0.1) is 5.82 Å². The predicted molar refractivity (Wildman–Crippen MR) is 63.2 cm³/mol. The maximum Gasteiger partial charge on any atom is 0.170 e. The largest absolute Gasteiger partial charge is 0.494 e. The normalized spacial score (nSPS) is 12.2. The summed E-state index contributed by atoms with van der Waals surface area (Å²) in [5.74, 6) is -0.248. The van der Waals surface area contributed by atoms with Gasteiger partial charge in [0.05, 0.1) is 18.8 Å². The molecule has 88 valence electrons. The second-order valence-corrected chi connectivity index (χ2v) is 3.60. The summed E-state index contributed by atoms with van der Waals surface area (Å²) in [5, 5.41) is 0. The quantitative estimate of drug-likeness (QED) is 0.883. The van der Waals surface area contributed by atoms with Gasteiger partial charge in [0.2, 0.25) is 0 Å². The Bertz CT molecular complexity index is 502. The summed E-state index contributed by atoms with van der Waals surface area (Å²) in [5.41, 5.74) is 6.99. The molecule has 1 aromatic carbocycles. The number of ether oxygens (including phenoxy) is 1. The van der Waals surface area contributed by atoms with Gasteiger partial charge in [-0.3, -0.25) is 4.98 Å². The molecule has 0 bridgehead atoms. The van der Waals surface area contributed by atoms with Gasteiger partial charge in [-0.2, -0.15) is 0 Å². The van der Waals surface area contributed by atoms with Gasteiger partial charge in [0.25, 0.3) is 0 Å². The van der Waals surface area contributed by atoms with Crippen LogP contribution in [0.1, 0.15) is 17.3 Å². The SMILES string of the molecule is COc1cccc(C(N)c2ccccn2)c1F. The summed E-state index contributed by atoms with van der Waals surface area (Å²) in [7, 11) is 1.43. The molecule has 0 saturated carbocycles. The van der Waals surface area contributed by atoms with E-state index in [1.807, 2.05) is 6.07 Å². The maximum atomic E-state index is 14.0. The summed E-state index contributed by atoms with van der Waals surface area (Å²) in [6.07, 6.45) is 1.63. The van der Waals surface area contributed by atoms with Crippen molar-refractivity contribution < 1.29 is 9.13 Å². The number of pyridine rings is 1. The van der Waals surface area contributed by atoms with Gasteiger partial charge in [0, 0.05) is 11.8 Å². The zero-order chi connectivity index (χ0) is 12.3. The van der Waals surface area contributed by atoms with E-state index >= 15 is 0 Å². The van der Waals surface area contributed by atoms with Crippen molar-refractivity contribution in [1.29, 1.82) is 0 Å². The average Bonchev–Trinajstić information content (AvgIpc) is 2.39. The molecule has 0 amide bonds. The molecule has 0 saturated heterocycles. The first-order valence-electron chi connectivity index (χ1n) is 5.23. The van der Waals surface area contributed by atoms with Gasteiger partial charge >= 0.3 is 0 Å². The highest BCUT2D eigenvalue weighted by Crippen LogP contribution is 2.26. The van der Waals surface area contributed by atoms with E-state index < -0.39 is 11.9 Å². The van der Waals surface area contributed by atoms with Gasteiger partial charge in [-0.25, -0.2) is 4.39 Å². The van der Waals surface area contributed by atoms with Crippen LogP contribution >= 0.6 is 0 Å². The third kappa shape index (κ3) is 2.26. The Balaban J connectivity index is 2.41. The number of halogens is 1. The van der Waals surface area contributed by atoms with Gasteiger partial charge < -0.3 is 10.5 Å². The molecule has 1 unspecified atom stereocenters. The highest BCUT2D eigenvalue weighted by Gasteiger charge is 2.17. The van der Waals surface area contributed by atoms with Crippen LogP contribution in [0.25, 0.3) is 0 Å². The third-order valence-corrected chi connectivity index (χ3v) is 2.55. The summed E-state index contributed by atoms with van der Waals surface area (Å²) >= 11 is 0. The second kappa shape index (κ2) is 4.93. The molecule has 0 radical (unpaired) electrons. The van der Waals surface area contributed by atoms with Crippen molar-refractivity contribution in [3.05, 3.63) is 59.7 Å². The standard InChI is InChI=1S/C13H13FN2O/c1-17-11-7-4-5-9(12(11)14)13(15)10-6-2-3-8-16-10/h2-8,13H,15H2,1H3. The number of hydrogen-bond donors (Lipinski definition) is 1. The summed E-state index contributed by atoms with van der Waals surface area (Å²) in [6, 6.07) is 9.69. The molecule has 0 aliphatic rings. The van der Waals surface area contributed by atoms with Crippen molar-refractivity contribution in [1.82, 2.24) is 4.98 Å². The second-order valence-electron chi connectivity index (χ2n) is 3.60. The molecule has 0 fully saturated rings. The first-order chi connectivity index (χ1) is 8.24. The molecule has 2 aromatic rings. The fourth-order valence-corrected chi connectivity index (χ4v) is 1.64. The molecule has 1 atom stereocenters. The number of nitrogens with zero attached hydrogens (tertiary/aromatic N) is 1. The van der Waals surface area contributed by atoms with Crippen molar-refractivity contribution in [3.8, 4) is 5.75 Å². The van der Waals surface area contributed by atoms with Crippen LogP contribution in [0.4, 0.5) is 4.39 Å². The first-order valence-corrected chi connectivity index (χ1v) is 5.23. The average molecular weight is 232 g/mol. The van der Waals surface area contributed by atoms with Crippen LogP contribution in [-0.2, 0) is 0 Å². The highest BCUT2D eigenvalue weighted by atomic mass is 19.1. The highest BCUT2D eigenvalue weighted by molar-refractivity contribution is 5.36. The minimum Gasteiger partial charge on any atom is -0.494 e. The van der Waals surface area contributed by atoms with Crippen LogP contribution in [0.5, 0.6) is 5.75 Å². The van der Waals surface area contributed by atoms with Crippen LogP contribution in [0.3, 0.4) is 0 Å². The molecule has 4 heteroatoms. The number of aromatic nitrogens is 1. The van der Waals surface area contributed by atoms with E-state index in [9.17, 15) is 4.39 Å². The lowest BCUT2D eigenvalue weighted by molar-refractivity contribution is 0.383. The van der Waals surface area contributed by atoms with E-state index in [1.165, 1.54) is 7.11 Å². The lowest BCUT2D eigenvalue weighted by Crippen LogP contribution is -2.15. The van der Waals surface area contributed by atoms with Crippen LogP contribution in [-0.4, -0.2) is 12.1 Å². The van der Waals surface area contributed by atoms with Crippen LogP contribution < -0.4 is 10.5 Å². The van der Waals surface area contributed by atoms with Crippen molar-refractivity contribution >= 4 is 0 Å². The van der Waals surface area contributed by atoms with E-state index in [0.717, 1.165) is 0 Å². The molecular formula is C13H13FN2O. The first kappa shape index (κ1) is 11.5. The summed E-state index contributed by atoms with van der Waals surface area (Å²) < 4.78 is 18.9. The zero-order valence-corrected chi connectivity index (χ0v) is 9.43. The Morgan fingerprint density at radius 3 is 2.71 bits per heavy atom. The Morgan fingerprint density at radius 2 is 2.06 bits per heavy atom. The molecular weight excluding hydrogens is 219 g/mol. The molecule has 0 spiro atoms. The summed E-state index contributed by atoms with van der Waals surface area (Å²) in [4.78, 5) is 4.12. The minimum atomic E-state index is -0.591. The number of methoxy groups -OCH3 is 1. The van der Waals surface area contributed by atoms with Crippen LogP contribution in [0.2, 0.25) is 0 Å². The molecule has 3 nitrogen and oxygen atoms in total. The molecule has 2 rings (SSSR count). The van der Waals surface area contributed by atoms with E-state index in [4.69, 9.17) is 10.5 Å². The molecule has 0 aliphatic carbocycles. The summed E-state index contributed by atoms with van der Waals surface area (Å²) in [6.45, 7) is 0. The molecule has 1 aromatic heterocycles. The third-order valence-electron chi connectivity index (χ3n) is 2.55. The van der Waals surface area contributed by atoms with Crippen LogP contribution in [0.15, 0.2) is 42.6 Å². The minimum absolute atomic E-state index is 0.189. The lowest BCUT2D eigenvalue weighted by atomic mass is 10.0. The molecule has 17 heavy (non-hydrogen) atoms. The van der Waals surface area contributed by atoms with E-state index in [-0.39, 0.29) is 5.75 Å². The fourth-order valence-electron chi connectivity index (χ4n) is 1.64.